The Morgan fingerprint density at radius 2 is 2.19 bits per heavy atom. The van der Waals surface area contributed by atoms with E-state index in [9.17, 15) is 13.2 Å². The van der Waals surface area contributed by atoms with Gasteiger partial charge in [0.05, 0.1) is 17.9 Å². The number of sulfone groups is 1. The minimum atomic E-state index is -3.00. The lowest BCUT2D eigenvalue weighted by atomic mass is 10.1. The largest absolute Gasteiger partial charge is 0.356 e. The number of carbonyl (C=O) groups excluding carboxylic acids is 1. The number of aromatic nitrogens is 1. The number of hydrogen-bond acceptors (Lipinski definition) is 5. The summed E-state index contributed by atoms with van der Waals surface area (Å²) in [6.45, 7) is 0. The van der Waals surface area contributed by atoms with Gasteiger partial charge in [-0.05, 0) is 18.6 Å². The van der Waals surface area contributed by atoms with E-state index in [1.165, 1.54) is 4.90 Å². The fraction of sp³-hybridized carbons (Fsp3) is 0.429. The van der Waals surface area contributed by atoms with E-state index in [0.29, 0.717) is 17.7 Å². The third kappa shape index (κ3) is 2.78. The van der Waals surface area contributed by atoms with Crippen LogP contribution in [0, 0.1) is 0 Å². The molecule has 1 aromatic carbocycles. The third-order valence-electron chi connectivity index (χ3n) is 3.92. The Hall–Kier alpha value is -1.89. The summed E-state index contributed by atoms with van der Waals surface area (Å²) in [6, 6.07) is 7.12. The molecule has 21 heavy (non-hydrogen) atoms. The van der Waals surface area contributed by atoms with E-state index < -0.39 is 9.84 Å². The van der Waals surface area contributed by atoms with Gasteiger partial charge in [0.25, 0.3) is 0 Å². The lowest BCUT2D eigenvalue weighted by Crippen LogP contribution is -2.38. The summed E-state index contributed by atoms with van der Waals surface area (Å²) in [5, 5.41) is 4.75. The van der Waals surface area contributed by atoms with Crippen LogP contribution in [0.5, 0.6) is 0 Å². The summed E-state index contributed by atoms with van der Waals surface area (Å²) in [5.74, 6) is 0.0629. The highest BCUT2D eigenvalue weighted by Gasteiger charge is 2.32. The second-order valence-electron chi connectivity index (χ2n) is 5.36. The Kier molecular flexibility index (Phi) is 3.44. The molecular weight excluding hydrogens is 292 g/mol. The Labute approximate surface area is 122 Å². The predicted molar refractivity (Wildman–Crippen MR) is 77.5 cm³/mol. The molecule has 0 N–H and O–H groups in total. The summed E-state index contributed by atoms with van der Waals surface area (Å²) in [6.07, 6.45) is 0.619. The first-order valence-corrected chi connectivity index (χ1v) is 8.58. The van der Waals surface area contributed by atoms with E-state index in [1.807, 2.05) is 18.2 Å². The molecule has 1 fully saturated rings. The standard InChI is InChI=1S/C14H16N2O4S/c1-16(10-6-7-21(18,19)9-10)14(17)8-12-11-4-2-3-5-13(11)20-15-12/h2-5,10H,6-9H2,1H3/t10-/m1/s1. The van der Waals surface area contributed by atoms with Gasteiger partial charge in [0.15, 0.2) is 15.4 Å². The Bertz CT molecular complexity index is 781. The summed E-state index contributed by atoms with van der Waals surface area (Å²) in [5.41, 5.74) is 1.23. The van der Waals surface area contributed by atoms with Crippen molar-refractivity contribution in [1.29, 1.82) is 0 Å². The maximum Gasteiger partial charge on any atom is 0.228 e. The van der Waals surface area contributed by atoms with E-state index in [1.54, 1.807) is 13.1 Å². The zero-order valence-corrected chi connectivity index (χ0v) is 12.5. The molecule has 112 valence electrons. The van der Waals surface area contributed by atoms with Crippen molar-refractivity contribution in [2.24, 2.45) is 0 Å². The van der Waals surface area contributed by atoms with Crippen LogP contribution in [0.3, 0.4) is 0 Å². The van der Waals surface area contributed by atoms with E-state index in [4.69, 9.17) is 4.52 Å². The first-order valence-electron chi connectivity index (χ1n) is 6.76. The van der Waals surface area contributed by atoms with E-state index in [0.717, 1.165) is 5.39 Å². The van der Waals surface area contributed by atoms with Crippen molar-refractivity contribution < 1.29 is 17.7 Å². The van der Waals surface area contributed by atoms with E-state index in [2.05, 4.69) is 5.16 Å². The number of carbonyl (C=O) groups is 1. The fourth-order valence-corrected chi connectivity index (χ4v) is 4.39. The maximum absolute atomic E-state index is 12.3. The number of hydrogen-bond donors (Lipinski definition) is 0. The minimum absolute atomic E-state index is 0.0504. The summed E-state index contributed by atoms with van der Waals surface area (Å²) in [4.78, 5) is 13.8. The van der Waals surface area contributed by atoms with Gasteiger partial charge in [0.1, 0.15) is 5.69 Å². The molecule has 0 spiro atoms. The minimum Gasteiger partial charge on any atom is -0.356 e. The van der Waals surface area contributed by atoms with Gasteiger partial charge in [0, 0.05) is 18.5 Å². The van der Waals surface area contributed by atoms with Crippen molar-refractivity contribution in [1.82, 2.24) is 10.1 Å². The van der Waals surface area contributed by atoms with Crippen LogP contribution in [-0.4, -0.2) is 49.0 Å². The van der Waals surface area contributed by atoms with Crippen molar-refractivity contribution >= 4 is 26.7 Å². The smallest absolute Gasteiger partial charge is 0.228 e. The van der Waals surface area contributed by atoms with Gasteiger partial charge in [0.2, 0.25) is 5.91 Å². The molecule has 1 aliphatic rings. The van der Waals surface area contributed by atoms with Gasteiger partial charge >= 0.3 is 0 Å². The van der Waals surface area contributed by atoms with Crippen molar-refractivity contribution in [3.8, 4) is 0 Å². The van der Waals surface area contributed by atoms with Crippen LogP contribution in [-0.2, 0) is 21.1 Å². The number of fused-ring (bicyclic) bond motifs is 1. The van der Waals surface area contributed by atoms with Crippen LogP contribution < -0.4 is 0 Å². The molecule has 0 bridgehead atoms. The highest BCUT2D eigenvalue weighted by molar-refractivity contribution is 7.91. The fourth-order valence-electron chi connectivity index (χ4n) is 2.62. The Morgan fingerprint density at radius 3 is 2.90 bits per heavy atom. The second-order valence-corrected chi connectivity index (χ2v) is 7.59. The molecular formula is C14H16N2O4S. The van der Waals surface area contributed by atoms with Gasteiger partial charge in [-0.1, -0.05) is 17.3 Å². The monoisotopic (exact) mass is 308 g/mol. The normalized spacial score (nSPS) is 20.7. The highest BCUT2D eigenvalue weighted by atomic mass is 32.2. The summed E-state index contributed by atoms with van der Waals surface area (Å²) < 4.78 is 28.2. The van der Waals surface area contributed by atoms with Crippen molar-refractivity contribution in [3.05, 3.63) is 30.0 Å². The molecule has 1 amide bonds. The number of para-hydroxylation sites is 1. The molecule has 2 aromatic rings. The van der Waals surface area contributed by atoms with E-state index >= 15 is 0 Å². The third-order valence-corrected chi connectivity index (χ3v) is 5.67. The summed E-state index contributed by atoms with van der Waals surface area (Å²) in [7, 11) is -1.35. The zero-order chi connectivity index (χ0) is 15.0. The average molecular weight is 308 g/mol. The van der Waals surface area contributed by atoms with Crippen LogP contribution in [0.4, 0.5) is 0 Å². The highest BCUT2D eigenvalue weighted by Crippen LogP contribution is 2.21. The number of likely N-dealkylation sites (N-methyl/N-ethyl adjacent to an activating group) is 1. The molecule has 6 nitrogen and oxygen atoms in total. The lowest BCUT2D eigenvalue weighted by molar-refractivity contribution is -0.130. The topological polar surface area (TPSA) is 80.5 Å². The lowest BCUT2D eigenvalue weighted by Gasteiger charge is -2.22. The van der Waals surface area contributed by atoms with Crippen LogP contribution >= 0.6 is 0 Å². The van der Waals surface area contributed by atoms with Crippen molar-refractivity contribution in [3.63, 3.8) is 0 Å². The van der Waals surface area contributed by atoms with Crippen LogP contribution in [0.1, 0.15) is 12.1 Å². The SMILES string of the molecule is CN(C(=O)Cc1noc2ccccc12)[C@@H]1CCS(=O)(=O)C1. The first kappa shape index (κ1) is 14.1. The number of benzene rings is 1. The Morgan fingerprint density at radius 1 is 1.43 bits per heavy atom. The van der Waals surface area contributed by atoms with Gasteiger partial charge in [-0.25, -0.2) is 8.42 Å². The maximum atomic E-state index is 12.3. The van der Waals surface area contributed by atoms with Crippen LogP contribution in [0.25, 0.3) is 11.0 Å². The zero-order valence-electron chi connectivity index (χ0n) is 11.7. The molecule has 3 rings (SSSR count). The molecule has 1 atom stereocenters. The molecule has 0 aliphatic carbocycles. The quantitative estimate of drug-likeness (QED) is 0.845. The van der Waals surface area contributed by atoms with Gasteiger partial charge in [-0.15, -0.1) is 0 Å². The van der Waals surface area contributed by atoms with Gasteiger partial charge in [-0.2, -0.15) is 0 Å². The number of rotatable bonds is 3. The first-order chi connectivity index (χ1) is 9.96. The van der Waals surface area contributed by atoms with Crippen molar-refractivity contribution in [2.45, 2.75) is 18.9 Å². The molecule has 1 aromatic heterocycles. The molecule has 1 saturated heterocycles. The van der Waals surface area contributed by atoms with Crippen LogP contribution in [0.2, 0.25) is 0 Å². The molecule has 1 aliphatic heterocycles. The number of amides is 1. The molecule has 0 unspecified atom stereocenters. The molecule has 0 radical (unpaired) electrons. The average Bonchev–Trinajstić information content (AvgIpc) is 3.02. The Balaban J connectivity index is 1.74. The van der Waals surface area contributed by atoms with Gasteiger partial charge in [-0.3, -0.25) is 4.79 Å². The van der Waals surface area contributed by atoms with E-state index in [-0.39, 0.29) is 29.9 Å². The molecule has 7 heteroatoms. The van der Waals surface area contributed by atoms with Crippen molar-refractivity contribution in [2.75, 3.05) is 18.6 Å². The van der Waals surface area contributed by atoms with Gasteiger partial charge < -0.3 is 9.42 Å². The predicted octanol–water partition coefficient (Wildman–Crippen LogP) is 1.02. The molecule has 0 saturated carbocycles. The molecule has 2 heterocycles. The van der Waals surface area contributed by atoms with Crippen LogP contribution in [0.15, 0.2) is 28.8 Å². The number of nitrogens with zero attached hydrogens (tertiary/aromatic N) is 2. The summed E-state index contributed by atoms with van der Waals surface area (Å²) >= 11 is 0. The second kappa shape index (κ2) is 5.14.